The zero-order valence-electron chi connectivity index (χ0n) is 12.3. The van der Waals surface area contributed by atoms with E-state index in [1.807, 2.05) is 0 Å². The number of nitrogens with one attached hydrogen (secondary N) is 2. The van der Waals surface area contributed by atoms with Crippen LogP contribution < -0.4 is 15.8 Å². The highest BCUT2D eigenvalue weighted by atomic mass is 32.2. The molecule has 21 heavy (non-hydrogen) atoms. The van der Waals surface area contributed by atoms with Gasteiger partial charge in [0.1, 0.15) is 0 Å². The average molecular weight is 313 g/mol. The number of sulfonamides is 1. The maximum atomic E-state index is 11.7. The zero-order valence-corrected chi connectivity index (χ0v) is 13.1. The number of nitrogen functional groups attached to an aromatic ring is 1. The van der Waals surface area contributed by atoms with Crippen LogP contribution in [0.1, 0.15) is 19.3 Å². The first-order valence-electron chi connectivity index (χ1n) is 7.17. The molecule has 0 aliphatic heterocycles. The molecule has 6 nitrogen and oxygen atoms in total. The van der Waals surface area contributed by atoms with Gasteiger partial charge in [-0.1, -0.05) is 0 Å². The van der Waals surface area contributed by atoms with E-state index in [1.165, 1.54) is 26.0 Å². The fraction of sp³-hybridized carbons (Fsp3) is 0.571. The Balaban J connectivity index is 1.82. The molecule has 1 aliphatic carbocycles. The molecule has 1 aromatic rings. The van der Waals surface area contributed by atoms with Crippen molar-refractivity contribution < 1.29 is 13.2 Å². The Morgan fingerprint density at radius 2 is 2.14 bits per heavy atom. The minimum Gasteiger partial charge on any atom is -0.397 e. The van der Waals surface area contributed by atoms with Crippen LogP contribution in [0.25, 0.3) is 0 Å². The van der Waals surface area contributed by atoms with Crippen molar-refractivity contribution in [1.29, 1.82) is 0 Å². The lowest BCUT2D eigenvalue weighted by molar-refractivity contribution is 0.124. The number of ether oxygens (including phenoxy) is 1. The van der Waals surface area contributed by atoms with E-state index in [2.05, 4.69) is 10.0 Å². The van der Waals surface area contributed by atoms with E-state index in [0.29, 0.717) is 24.5 Å². The molecule has 0 radical (unpaired) electrons. The second-order valence-electron chi connectivity index (χ2n) is 5.26. The summed E-state index contributed by atoms with van der Waals surface area (Å²) in [6, 6.07) is 4.63. The minimum absolute atomic E-state index is 0.201. The molecule has 1 fully saturated rings. The fourth-order valence-electron chi connectivity index (χ4n) is 1.91. The molecule has 0 aromatic heterocycles. The van der Waals surface area contributed by atoms with E-state index in [-0.39, 0.29) is 4.90 Å². The molecule has 0 saturated heterocycles. The van der Waals surface area contributed by atoms with Crippen molar-refractivity contribution in [3.8, 4) is 0 Å². The highest BCUT2D eigenvalue weighted by molar-refractivity contribution is 7.89. The molecule has 0 unspecified atom stereocenters. The van der Waals surface area contributed by atoms with Crippen LogP contribution in [0.2, 0.25) is 0 Å². The van der Waals surface area contributed by atoms with E-state index in [4.69, 9.17) is 10.5 Å². The molecule has 0 heterocycles. The molecule has 4 N–H and O–H groups in total. The first-order valence-corrected chi connectivity index (χ1v) is 8.66. The van der Waals surface area contributed by atoms with Crippen molar-refractivity contribution in [2.24, 2.45) is 5.92 Å². The van der Waals surface area contributed by atoms with Crippen molar-refractivity contribution in [1.82, 2.24) is 4.72 Å². The zero-order chi connectivity index (χ0) is 15.3. The lowest BCUT2D eigenvalue weighted by atomic mass is 10.2. The van der Waals surface area contributed by atoms with Crippen LogP contribution in [0.5, 0.6) is 0 Å². The van der Waals surface area contributed by atoms with Crippen LogP contribution in [-0.4, -0.2) is 35.2 Å². The van der Waals surface area contributed by atoms with Gasteiger partial charge < -0.3 is 15.8 Å². The maximum absolute atomic E-state index is 11.7. The van der Waals surface area contributed by atoms with Gasteiger partial charge in [-0.25, -0.2) is 13.1 Å². The quantitative estimate of drug-likeness (QED) is 0.473. The van der Waals surface area contributed by atoms with Crippen LogP contribution in [0.4, 0.5) is 11.4 Å². The van der Waals surface area contributed by atoms with Crippen molar-refractivity contribution in [2.45, 2.75) is 24.2 Å². The monoisotopic (exact) mass is 313 g/mol. The standard InChI is InChI=1S/C14H23N3O3S/c1-16-21(18,19)12-5-6-13(15)14(9-12)17-7-2-8-20-10-11-3-4-11/h5-6,9,11,16-17H,2-4,7-8,10,15H2,1H3. The Morgan fingerprint density at radius 1 is 1.38 bits per heavy atom. The van der Waals surface area contributed by atoms with Crippen molar-refractivity contribution >= 4 is 21.4 Å². The van der Waals surface area contributed by atoms with Crippen LogP contribution in [0, 0.1) is 5.92 Å². The summed E-state index contributed by atoms with van der Waals surface area (Å²) in [5.41, 5.74) is 7.02. The molecular weight excluding hydrogens is 290 g/mol. The summed E-state index contributed by atoms with van der Waals surface area (Å²) < 4.78 is 31.3. The smallest absolute Gasteiger partial charge is 0.240 e. The third-order valence-electron chi connectivity index (χ3n) is 3.44. The van der Waals surface area contributed by atoms with Crippen molar-refractivity contribution in [3.05, 3.63) is 18.2 Å². The number of nitrogens with two attached hydrogens (primary N) is 1. The Bertz CT molecular complexity index is 571. The molecule has 2 rings (SSSR count). The highest BCUT2D eigenvalue weighted by Gasteiger charge is 2.20. The number of anilines is 2. The molecular formula is C14H23N3O3S. The maximum Gasteiger partial charge on any atom is 0.240 e. The topological polar surface area (TPSA) is 93.5 Å². The molecule has 1 aliphatic rings. The van der Waals surface area contributed by atoms with Gasteiger partial charge in [0.05, 0.1) is 16.3 Å². The van der Waals surface area contributed by atoms with Gasteiger partial charge in [-0.2, -0.15) is 0 Å². The van der Waals surface area contributed by atoms with Gasteiger partial charge in [0, 0.05) is 19.8 Å². The Kier molecular flexibility index (Phi) is 5.44. The Morgan fingerprint density at radius 3 is 2.81 bits per heavy atom. The molecule has 7 heteroatoms. The minimum atomic E-state index is -3.45. The lowest BCUT2D eigenvalue weighted by Crippen LogP contribution is -2.19. The molecule has 118 valence electrons. The summed E-state index contributed by atoms with van der Waals surface area (Å²) >= 11 is 0. The van der Waals surface area contributed by atoms with Crippen molar-refractivity contribution in [3.63, 3.8) is 0 Å². The van der Waals surface area contributed by atoms with Crippen LogP contribution in [0.15, 0.2) is 23.1 Å². The van der Waals surface area contributed by atoms with Crippen LogP contribution >= 0.6 is 0 Å². The third-order valence-corrected chi connectivity index (χ3v) is 4.85. The fourth-order valence-corrected chi connectivity index (χ4v) is 2.66. The van der Waals surface area contributed by atoms with E-state index in [0.717, 1.165) is 18.9 Å². The van der Waals surface area contributed by atoms with Gasteiger partial charge >= 0.3 is 0 Å². The van der Waals surface area contributed by atoms with Gasteiger partial charge in [0.25, 0.3) is 0 Å². The van der Waals surface area contributed by atoms with Gasteiger partial charge in [0.2, 0.25) is 10.0 Å². The van der Waals surface area contributed by atoms with E-state index < -0.39 is 10.0 Å². The van der Waals surface area contributed by atoms with Crippen LogP contribution in [0.3, 0.4) is 0 Å². The Labute approximate surface area is 126 Å². The van der Waals surface area contributed by atoms with Crippen LogP contribution in [-0.2, 0) is 14.8 Å². The lowest BCUT2D eigenvalue weighted by Gasteiger charge is -2.11. The highest BCUT2D eigenvalue weighted by Crippen LogP contribution is 2.28. The largest absolute Gasteiger partial charge is 0.397 e. The summed E-state index contributed by atoms with van der Waals surface area (Å²) in [5, 5.41) is 3.16. The summed E-state index contributed by atoms with van der Waals surface area (Å²) in [7, 11) is -2.06. The molecule has 1 aromatic carbocycles. The van der Waals surface area contributed by atoms with E-state index >= 15 is 0 Å². The van der Waals surface area contributed by atoms with Crippen molar-refractivity contribution in [2.75, 3.05) is 37.9 Å². The third kappa shape index (κ3) is 4.87. The number of hydrogen-bond acceptors (Lipinski definition) is 5. The van der Waals surface area contributed by atoms with E-state index in [9.17, 15) is 8.42 Å². The number of benzene rings is 1. The number of rotatable bonds is 9. The molecule has 0 spiro atoms. The summed E-state index contributed by atoms with van der Waals surface area (Å²) in [4.78, 5) is 0.201. The van der Waals surface area contributed by atoms with E-state index in [1.54, 1.807) is 12.1 Å². The summed E-state index contributed by atoms with van der Waals surface area (Å²) in [6.45, 7) is 2.26. The van der Waals surface area contributed by atoms with Gasteiger partial charge in [-0.3, -0.25) is 0 Å². The second-order valence-corrected chi connectivity index (χ2v) is 7.14. The second kappa shape index (κ2) is 7.11. The van der Waals surface area contributed by atoms with Gasteiger partial charge in [0.15, 0.2) is 0 Å². The first-order chi connectivity index (χ1) is 10.0. The average Bonchev–Trinajstić information content (AvgIpc) is 3.28. The molecule has 1 saturated carbocycles. The summed E-state index contributed by atoms with van der Waals surface area (Å²) in [5.74, 6) is 0.775. The molecule has 0 bridgehead atoms. The predicted octanol–water partition coefficient (Wildman–Crippen LogP) is 1.41. The Hall–Kier alpha value is -1.31. The van der Waals surface area contributed by atoms with Gasteiger partial charge in [-0.15, -0.1) is 0 Å². The molecule has 0 amide bonds. The SMILES string of the molecule is CNS(=O)(=O)c1ccc(N)c(NCCCOCC2CC2)c1. The summed E-state index contributed by atoms with van der Waals surface area (Å²) in [6.07, 6.45) is 3.44. The molecule has 0 atom stereocenters. The van der Waals surface area contributed by atoms with Gasteiger partial charge in [-0.05, 0) is 50.4 Å². The number of hydrogen-bond donors (Lipinski definition) is 3. The predicted molar refractivity (Wildman–Crippen MR) is 83.7 cm³/mol. The first kappa shape index (κ1) is 16.1. The normalized spacial score (nSPS) is 15.1.